The van der Waals surface area contributed by atoms with Crippen LogP contribution in [0.4, 0.5) is 10.5 Å². The molecule has 3 aromatic carbocycles. The molecule has 0 bridgehead atoms. The van der Waals surface area contributed by atoms with Gasteiger partial charge < -0.3 is 34.5 Å². The minimum atomic E-state index is -0.906. The van der Waals surface area contributed by atoms with Crippen molar-refractivity contribution < 1.29 is 28.9 Å². The van der Waals surface area contributed by atoms with E-state index >= 15 is 0 Å². The first-order chi connectivity index (χ1) is 21.1. The lowest BCUT2D eigenvalue weighted by molar-refractivity contribution is -0.118. The Bertz CT molecular complexity index is 1560. The summed E-state index contributed by atoms with van der Waals surface area (Å²) >= 11 is 0. The molecule has 2 amide bonds. The van der Waals surface area contributed by atoms with E-state index in [0.717, 1.165) is 35.7 Å². The molecular formula is C35H41N3O6. The predicted molar refractivity (Wildman–Crippen MR) is 170 cm³/mol. The second kappa shape index (κ2) is 13.9. The average Bonchev–Trinajstić information content (AvgIpc) is 3.35. The lowest BCUT2D eigenvalue weighted by atomic mass is 10.0. The van der Waals surface area contributed by atoms with Gasteiger partial charge in [0, 0.05) is 28.8 Å². The molecule has 5 rings (SSSR count). The van der Waals surface area contributed by atoms with E-state index in [0.29, 0.717) is 23.6 Å². The standard InChI is InChI=1S/C35H41N3O6/c1-35(2,3)44-34(41)38(21-29(39)22-42-30-10-5-4-6-11-30)28-9-7-8-24-12-14-31(20-26(24)19-28)43-23-33(40)37-27-13-15-32-25(18-27)16-17-36-32/h4-6,10-18,20,28-29,36,39H,7-9,19,21-23H2,1-3H3,(H,37,40)/t28?,29-/m0/s1. The summed E-state index contributed by atoms with van der Waals surface area (Å²) in [6.45, 7) is 5.49. The zero-order valence-corrected chi connectivity index (χ0v) is 25.5. The number of benzene rings is 3. The topological polar surface area (TPSA) is 113 Å². The Morgan fingerprint density at radius 1 is 1.00 bits per heavy atom. The van der Waals surface area contributed by atoms with Gasteiger partial charge in [-0.3, -0.25) is 4.79 Å². The number of H-pyrrole nitrogens is 1. The van der Waals surface area contributed by atoms with Gasteiger partial charge in [0.1, 0.15) is 29.8 Å². The summed E-state index contributed by atoms with van der Waals surface area (Å²) in [6, 6.07) is 22.6. The van der Waals surface area contributed by atoms with Crippen LogP contribution < -0.4 is 14.8 Å². The van der Waals surface area contributed by atoms with Crippen LogP contribution in [0.5, 0.6) is 11.5 Å². The van der Waals surface area contributed by atoms with Crippen molar-refractivity contribution >= 4 is 28.6 Å². The quantitative estimate of drug-likeness (QED) is 0.190. The van der Waals surface area contributed by atoms with Crippen molar-refractivity contribution in [1.82, 2.24) is 9.88 Å². The molecule has 1 aliphatic carbocycles. The van der Waals surface area contributed by atoms with Gasteiger partial charge in [0.05, 0.1) is 6.54 Å². The van der Waals surface area contributed by atoms with Crippen LogP contribution in [0.2, 0.25) is 0 Å². The van der Waals surface area contributed by atoms with E-state index in [1.165, 1.54) is 5.56 Å². The Hall–Kier alpha value is -4.50. The largest absolute Gasteiger partial charge is 0.491 e. The van der Waals surface area contributed by atoms with Crippen molar-refractivity contribution in [2.45, 2.75) is 64.2 Å². The third-order valence-electron chi connectivity index (χ3n) is 7.49. The highest BCUT2D eigenvalue weighted by Gasteiger charge is 2.32. The summed E-state index contributed by atoms with van der Waals surface area (Å²) in [5, 5.41) is 14.8. The maximum atomic E-state index is 13.4. The highest BCUT2D eigenvalue weighted by molar-refractivity contribution is 5.94. The Labute approximate surface area is 258 Å². The number of nitrogens with zero attached hydrogens (tertiary/aromatic N) is 1. The molecule has 3 N–H and O–H groups in total. The molecule has 0 spiro atoms. The van der Waals surface area contributed by atoms with E-state index in [9.17, 15) is 14.7 Å². The lowest BCUT2D eigenvalue weighted by Crippen LogP contribution is -2.48. The van der Waals surface area contributed by atoms with Crippen molar-refractivity contribution in [2.75, 3.05) is 25.1 Å². The number of para-hydroxylation sites is 1. The third kappa shape index (κ3) is 8.54. The number of hydrogen-bond donors (Lipinski definition) is 3. The third-order valence-corrected chi connectivity index (χ3v) is 7.49. The van der Waals surface area contributed by atoms with E-state index in [-0.39, 0.29) is 31.7 Å². The van der Waals surface area contributed by atoms with Crippen molar-refractivity contribution in [3.8, 4) is 11.5 Å². The molecule has 232 valence electrons. The fourth-order valence-corrected chi connectivity index (χ4v) is 5.44. The molecule has 1 aliphatic rings. The minimum absolute atomic E-state index is 0.0473. The highest BCUT2D eigenvalue weighted by Crippen LogP contribution is 2.29. The maximum absolute atomic E-state index is 13.4. The number of aromatic amines is 1. The molecule has 1 heterocycles. The van der Waals surface area contributed by atoms with E-state index in [1.807, 2.05) is 99.8 Å². The summed E-state index contributed by atoms with van der Waals surface area (Å²) in [5.74, 6) is 0.984. The Morgan fingerprint density at radius 2 is 1.82 bits per heavy atom. The normalized spacial score (nSPS) is 15.5. The van der Waals surface area contributed by atoms with Crippen LogP contribution in [-0.4, -0.2) is 64.5 Å². The molecule has 9 heteroatoms. The van der Waals surface area contributed by atoms with Gasteiger partial charge in [-0.2, -0.15) is 0 Å². The SMILES string of the molecule is CC(C)(C)OC(=O)N(C[C@H](O)COc1ccccc1)C1CCCc2ccc(OCC(=O)Nc3ccc4[nH]ccc4c3)cc2C1. The molecule has 2 atom stereocenters. The Morgan fingerprint density at radius 3 is 2.61 bits per heavy atom. The second-order valence-electron chi connectivity index (χ2n) is 12.2. The number of anilines is 1. The van der Waals surface area contributed by atoms with Crippen molar-refractivity contribution in [2.24, 2.45) is 0 Å². The van der Waals surface area contributed by atoms with Crippen LogP contribution in [-0.2, 0) is 22.4 Å². The number of nitrogens with one attached hydrogen (secondary N) is 2. The monoisotopic (exact) mass is 599 g/mol. The van der Waals surface area contributed by atoms with Gasteiger partial charge in [-0.05, 0) is 106 Å². The summed E-state index contributed by atoms with van der Waals surface area (Å²) in [7, 11) is 0. The minimum Gasteiger partial charge on any atom is -0.491 e. The number of amides is 2. The van der Waals surface area contributed by atoms with Gasteiger partial charge in [-0.1, -0.05) is 24.3 Å². The molecule has 0 fully saturated rings. The van der Waals surface area contributed by atoms with Crippen molar-refractivity contribution in [3.05, 3.63) is 90.1 Å². The first-order valence-electron chi connectivity index (χ1n) is 15.1. The van der Waals surface area contributed by atoms with Crippen molar-refractivity contribution in [3.63, 3.8) is 0 Å². The fourth-order valence-electron chi connectivity index (χ4n) is 5.44. The number of fused-ring (bicyclic) bond motifs is 2. The average molecular weight is 600 g/mol. The number of aliphatic hydroxyl groups is 1. The number of aliphatic hydroxyl groups excluding tert-OH is 1. The smallest absolute Gasteiger partial charge is 0.410 e. The lowest BCUT2D eigenvalue weighted by Gasteiger charge is -2.34. The van der Waals surface area contributed by atoms with Crippen LogP contribution in [0.1, 0.15) is 44.7 Å². The zero-order chi connectivity index (χ0) is 31.1. The first kappa shape index (κ1) is 30.9. The molecular weight excluding hydrogens is 558 g/mol. The molecule has 44 heavy (non-hydrogen) atoms. The van der Waals surface area contributed by atoms with E-state index in [4.69, 9.17) is 14.2 Å². The van der Waals surface area contributed by atoms with Gasteiger partial charge in [-0.25, -0.2) is 4.79 Å². The zero-order valence-electron chi connectivity index (χ0n) is 25.5. The number of aryl methyl sites for hydroxylation is 1. The van der Waals surface area contributed by atoms with E-state index in [1.54, 1.807) is 4.90 Å². The second-order valence-corrected chi connectivity index (χ2v) is 12.2. The Balaban J connectivity index is 1.24. The molecule has 9 nitrogen and oxygen atoms in total. The number of ether oxygens (including phenoxy) is 3. The number of aromatic nitrogens is 1. The molecule has 4 aromatic rings. The van der Waals surface area contributed by atoms with E-state index in [2.05, 4.69) is 10.3 Å². The summed E-state index contributed by atoms with van der Waals surface area (Å²) in [4.78, 5) is 30.8. The van der Waals surface area contributed by atoms with Crippen LogP contribution in [0.15, 0.2) is 79.0 Å². The molecule has 0 aliphatic heterocycles. The number of carbonyl (C=O) groups is 2. The summed E-state index contributed by atoms with van der Waals surface area (Å²) < 4.78 is 17.4. The van der Waals surface area contributed by atoms with Crippen molar-refractivity contribution in [1.29, 1.82) is 0 Å². The highest BCUT2D eigenvalue weighted by atomic mass is 16.6. The number of carbonyl (C=O) groups excluding carboxylic acids is 2. The van der Waals surface area contributed by atoms with Crippen LogP contribution >= 0.6 is 0 Å². The number of hydrogen-bond acceptors (Lipinski definition) is 6. The van der Waals surface area contributed by atoms with Crippen LogP contribution in [0, 0.1) is 0 Å². The Kier molecular flexibility index (Phi) is 9.75. The molecule has 1 aromatic heterocycles. The van der Waals surface area contributed by atoms with Gasteiger partial charge in [0.15, 0.2) is 6.61 Å². The molecule has 1 unspecified atom stereocenters. The summed E-state index contributed by atoms with van der Waals surface area (Å²) in [5.41, 5.74) is 3.25. The first-order valence-corrected chi connectivity index (χ1v) is 15.1. The van der Waals surface area contributed by atoms with Gasteiger partial charge in [0.2, 0.25) is 0 Å². The van der Waals surface area contributed by atoms with Crippen LogP contribution in [0.3, 0.4) is 0 Å². The van der Waals surface area contributed by atoms with Gasteiger partial charge in [0.25, 0.3) is 5.91 Å². The van der Waals surface area contributed by atoms with E-state index < -0.39 is 17.8 Å². The van der Waals surface area contributed by atoms with Gasteiger partial charge >= 0.3 is 6.09 Å². The molecule has 0 saturated heterocycles. The summed E-state index contributed by atoms with van der Waals surface area (Å²) in [6.07, 6.45) is 3.55. The maximum Gasteiger partial charge on any atom is 0.410 e. The number of rotatable bonds is 10. The molecule has 0 radical (unpaired) electrons. The molecule has 0 saturated carbocycles. The van der Waals surface area contributed by atoms with Gasteiger partial charge in [-0.15, -0.1) is 0 Å². The predicted octanol–water partition coefficient (Wildman–Crippen LogP) is 6.11. The van der Waals surface area contributed by atoms with Crippen LogP contribution in [0.25, 0.3) is 10.9 Å². The fraction of sp³-hybridized carbons (Fsp3) is 0.371.